The molecule has 0 spiro atoms. The van der Waals surface area contributed by atoms with Crippen molar-refractivity contribution >= 4 is 33.1 Å². The quantitative estimate of drug-likeness (QED) is 0.0622. The van der Waals surface area contributed by atoms with Crippen molar-refractivity contribution in [3.05, 3.63) is 139 Å². The van der Waals surface area contributed by atoms with Crippen LogP contribution in [-0.4, -0.2) is 21.5 Å². The molecule has 6 aromatic rings. The Balaban J connectivity index is 0.000000234. The first-order valence-corrected chi connectivity index (χ1v) is 18.4. The van der Waals surface area contributed by atoms with Crippen LogP contribution in [0.15, 0.2) is 109 Å². The van der Waals surface area contributed by atoms with Crippen LogP contribution >= 0.6 is 0 Å². The molecule has 0 amide bonds. The van der Waals surface area contributed by atoms with Crippen LogP contribution in [0.2, 0.25) is 0 Å². The molecule has 4 nitrogen and oxygen atoms in total. The average Bonchev–Trinajstić information content (AvgIpc) is 3.15. The topological polar surface area (TPSA) is 59.9 Å². The molecule has 0 N–H and O–H groups in total. The second-order valence-corrected chi connectivity index (χ2v) is 13.0. The molecule has 0 fully saturated rings. The maximum Gasteiger partial charge on any atom is 3.00 e. The summed E-state index contributed by atoms with van der Waals surface area (Å²) in [7, 11) is 0. The number of benzene rings is 4. The fourth-order valence-corrected chi connectivity index (χ4v) is 5.99. The first-order chi connectivity index (χ1) is 24.9. The van der Waals surface area contributed by atoms with E-state index in [1.807, 2.05) is 12.4 Å². The van der Waals surface area contributed by atoms with E-state index in [0.717, 1.165) is 41.8 Å². The first-order valence-electron chi connectivity index (χ1n) is 18.4. The van der Waals surface area contributed by atoms with E-state index in [2.05, 4.69) is 133 Å². The number of hydrogen-bond acceptors (Lipinski definition) is 4. The van der Waals surface area contributed by atoms with E-state index in [-0.39, 0.29) is 31.7 Å². The molecule has 0 aliphatic rings. The zero-order valence-corrected chi connectivity index (χ0v) is 33.5. The minimum Gasteiger partial charge on any atom is -0.334 e. The molecular formula is C47H51IrN2O2. The number of aromatic nitrogens is 2. The third-order valence-corrected chi connectivity index (χ3v) is 8.66. The number of ketones is 2. The number of aryl methyl sites for hydroxylation is 2. The molecule has 4 aromatic carbocycles. The molecule has 0 unspecified atom stereocenters. The average molecular weight is 868 g/mol. The zero-order chi connectivity index (χ0) is 36.3. The third-order valence-electron chi connectivity index (χ3n) is 8.66. The van der Waals surface area contributed by atoms with Gasteiger partial charge in [-0.2, -0.15) is 0 Å². The monoisotopic (exact) mass is 868 g/mol. The van der Waals surface area contributed by atoms with Crippen LogP contribution in [0.4, 0.5) is 0 Å². The summed E-state index contributed by atoms with van der Waals surface area (Å²) in [4.78, 5) is 29.1. The van der Waals surface area contributed by atoms with E-state index in [9.17, 15) is 9.59 Å². The minimum absolute atomic E-state index is 0. The van der Waals surface area contributed by atoms with Crippen LogP contribution in [-0.2, 0) is 42.5 Å². The molecule has 5 heteroatoms. The number of unbranched alkanes of at least 4 members (excludes halogenated alkanes) is 6. The predicted molar refractivity (Wildman–Crippen MR) is 213 cm³/mol. The number of fused-ring (bicyclic) bond motifs is 2. The minimum atomic E-state index is -0.187. The van der Waals surface area contributed by atoms with Gasteiger partial charge in [0.05, 0.1) is 0 Å². The number of carbonyl (C=O) groups excluding carboxylic acids is 2. The Kier molecular flexibility index (Phi) is 18.7. The van der Waals surface area contributed by atoms with Crippen molar-refractivity contribution in [2.75, 3.05) is 0 Å². The van der Waals surface area contributed by atoms with Crippen LogP contribution in [0.3, 0.4) is 0 Å². The van der Waals surface area contributed by atoms with Gasteiger partial charge >= 0.3 is 20.1 Å². The molecule has 0 saturated carbocycles. The standard InChI is InChI=1S/2C21H22N.C5H7O2.Ir/c2*1-2-3-4-5-8-17-11-13-19(14-12-17)21-20-10-7-6-9-18(20)15-16-22-21;1-4(6)3-5(2)7;/h2*6-7,9-13,15-16H,2-5,8H2,1H3;3H,1-2H3;/q3*-1;+3. The van der Waals surface area contributed by atoms with Crippen molar-refractivity contribution in [2.24, 2.45) is 0 Å². The summed E-state index contributed by atoms with van der Waals surface area (Å²) in [5.41, 5.74) is 6.95. The van der Waals surface area contributed by atoms with Crippen LogP contribution in [0, 0.1) is 18.6 Å². The summed E-state index contributed by atoms with van der Waals surface area (Å²) in [6.07, 6.45) is 17.6. The molecule has 270 valence electrons. The molecule has 0 aliphatic carbocycles. The van der Waals surface area contributed by atoms with Crippen molar-refractivity contribution in [3.8, 4) is 22.5 Å². The van der Waals surface area contributed by atoms with Gasteiger partial charge < -0.3 is 19.6 Å². The van der Waals surface area contributed by atoms with E-state index in [0.29, 0.717) is 0 Å². The normalized spacial score (nSPS) is 10.3. The molecule has 2 heterocycles. The van der Waals surface area contributed by atoms with Crippen LogP contribution in [0.5, 0.6) is 0 Å². The van der Waals surface area contributed by atoms with Gasteiger partial charge in [-0.3, -0.25) is 6.42 Å². The fourth-order valence-electron chi connectivity index (χ4n) is 5.99. The summed E-state index contributed by atoms with van der Waals surface area (Å²) >= 11 is 0. The Labute approximate surface area is 324 Å². The van der Waals surface area contributed by atoms with Gasteiger partial charge in [-0.1, -0.05) is 127 Å². The van der Waals surface area contributed by atoms with E-state index in [4.69, 9.17) is 0 Å². The number of pyridine rings is 2. The van der Waals surface area contributed by atoms with Gasteiger partial charge in [-0.15, -0.1) is 70.8 Å². The SMILES string of the molecule is CC(=O)[CH-]C(C)=O.CCCCCCc1c[c-]c(-c2nccc3ccccc23)cc1.CCCCCCc1c[c-]c(-c2nccc3ccccc23)cc1.[Ir+3]. The predicted octanol–water partition coefficient (Wildman–Crippen LogP) is 12.0. The second kappa shape index (κ2) is 23.2. The molecule has 6 rings (SSSR count). The van der Waals surface area contributed by atoms with Crippen molar-refractivity contribution < 1.29 is 29.7 Å². The number of Topliss-reactive ketones (excluding diaryl/α,β-unsaturated/α-hetero) is 2. The third kappa shape index (κ3) is 13.6. The van der Waals surface area contributed by atoms with E-state index >= 15 is 0 Å². The Morgan fingerprint density at radius 1 is 0.558 bits per heavy atom. The van der Waals surface area contributed by atoms with Crippen LogP contribution < -0.4 is 0 Å². The van der Waals surface area contributed by atoms with Crippen molar-refractivity contribution in [1.29, 1.82) is 0 Å². The van der Waals surface area contributed by atoms with Crippen LogP contribution in [0.1, 0.15) is 90.2 Å². The van der Waals surface area contributed by atoms with Gasteiger partial charge in [0.25, 0.3) is 0 Å². The van der Waals surface area contributed by atoms with Gasteiger partial charge in [0.2, 0.25) is 0 Å². The summed E-state index contributed by atoms with van der Waals surface area (Å²) in [5, 5.41) is 4.84. The molecule has 0 saturated heterocycles. The first kappa shape index (κ1) is 42.0. The maximum absolute atomic E-state index is 9.98. The Bertz CT molecular complexity index is 1800. The van der Waals surface area contributed by atoms with Crippen molar-refractivity contribution in [2.45, 2.75) is 91.9 Å². The molecule has 52 heavy (non-hydrogen) atoms. The summed E-state index contributed by atoms with van der Waals surface area (Å²) in [6.45, 7) is 7.20. The smallest absolute Gasteiger partial charge is 0.334 e. The molecule has 2 aromatic heterocycles. The van der Waals surface area contributed by atoms with Gasteiger partial charge in [0.15, 0.2) is 0 Å². The van der Waals surface area contributed by atoms with Gasteiger partial charge in [-0.25, -0.2) is 0 Å². The van der Waals surface area contributed by atoms with E-state index in [1.54, 1.807) is 0 Å². The van der Waals surface area contributed by atoms with E-state index in [1.165, 1.54) is 97.9 Å². The number of nitrogens with zero attached hydrogens (tertiary/aromatic N) is 2. The number of hydrogen-bond donors (Lipinski definition) is 0. The zero-order valence-electron chi connectivity index (χ0n) is 31.1. The Morgan fingerprint density at radius 2 is 0.981 bits per heavy atom. The molecule has 0 bridgehead atoms. The van der Waals surface area contributed by atoms with Gasteiger partial charge in [0, 0.05) is 24.0 Å². The van der Waals surface area contributed by atoms with Crippen molar-refractivity contribution in [3.63, 3.8) is 0 Å². The molecule has 0 aliphatic heterocycles. The largest absolute Gasteiger partial charge is 3.00 e. The summed E-state index contributed by atoms with van der Waals surface area (Å²) in [6, 6.07) is 40.8. The van der Waals surface area contributed by atoms with E-state index < -0.39 is 0 Å². The molecule has 0 radical (unpaired) electrons. The Hall–Kier alpha value is -4.44. The summed E-state index contributed by atoms with van der Waals surface area (Å²) in [5.74, 6) is -0.375. The van der Waals surface area contributed by atoms with Gasteiger partial charge in [-0.05, 0) is 58.9 Å². The number of carbonyl (C=O) groups is 2. The molecular weight excluding hydrogens is 817 g/mol. The van der Waals surface area contributed by atoms with Crippen molar-refractivity contribution in [1.82, 2.24) is 9.97 Å². The molecule has 0 atom stereocenters. The second-order valence-electron chi connectivity index (χ2n) is 13.0. The van der Waals surface area contributed by atoms with Gasteiger partial charge in [0.1, 0.15) is 0 Å². The maximum atomic E-state index is 9.98. The van der Waals surface area contributed by atoms with Crippen LogP contribution in [0.25, 0.3) is 44.1 Å². The summed E-state index contributed by atoms with van der Waals surface area (Å²) < 4.78 is 0. The fraction of sp³-hybridized carbons (Fsp3) is 0.298. The Morgan fingerprint density at radius 3 is 1.33 bits per heavy atom. The number of rotatable bonds is 14.